The average molecular weight is 267 g/mol. The third kappa shape index (κ3) is 3.12. The molecular weight excluding hydrogens is 246 g/mol. The van der Waals surface area contributed by atoms with Gasteiger partial charge in [-0.2, -0.15) is 0 Å². The maximum absolute atomic E-state index is 12.6. The molecule has 2 N–H and O–H groups in total. The Morgan fingerprint density at radius 1 is 1.28 bits per heavy atom. The Bertz CT molecular complexity index is 422. The Morgan fingerprint density at radius 3 is 2.83 bits per heavy atom. The molecule has 0 aromatic heterocycles. The quantitative estimate of drug-likeness (QED) is 0.856. The molecule has 4 heteroatoms. The summed E-state index contributed by atoms with van der Waals surface area (Å²) in [5.74, 6) is 0.753. The van der Waals surface area contributed by atoms with Crippen molar-refractivity contribution >= 4 is 10.8 Å². The highest BCUT2D eigenvalue weighted by Gasteiger charge is 2.26. The molecule has 0 saturated heterocycles. The molecule has 1 aromatic rings. The van der Waals surface area contributed by atoms with Crippen LogP contribution < -0.4 is 10.5 Å². The summed E-state index contributed by atoms with van der Waals surface area (Å²) in [6.45, 7) is 0. The second kappa shape index (κ2) is 6.34. The molecule has 0 spiro atoms. The highest BCUT2D eigenvalue weighted by atomic mass is 32.2. The highest BCUT2D eigenvalue weighted by molar-refractivity contribution is 7.85. The largest absolute Gasteiger partial charge is 0.497 e. The number of benzene rings is 1. The number of ether oxygens (including phenoxy) is 1. The lowest BCUT2D eigenvalue weighted by Crippen LogP contribution is -2.36. The molecule has 3 atom stereocenters. The molecule has 3 unspecified atom stereocenters. The van der Waals surface area contributed by atoms with Gasteiger partial charge in [0.15, 0.2) is 0 Å². The summed E-state index contributed by atoms with van der Waals surface area (Å²) in [5, 5.41) is 0.0830. The van der Waals surface area contributed by atoms with Crippen LogP contribution >= 0.6 is 0 Å². The molecule has 1 aliphatic rings. The van der Waals surface area contributed by atoms with Crippen LogP contribution in [0.2, 0.25) is 0 Å². The number of methoxy groups -OCH3 is 1. The summed E-state index contributed by atoms with van der Waals surface area (Å²) in [6.07, 6.45) is 5.45. The Hall–Kier alpha value is -0.870. The van der Waals surface area contributed by atoms with Crippen LogP contribution in [-0.4, -0.2) is 22.6 Å². The van der Waals surface area contributed by atoms with E-state index in [-0.39, 0.29) is 11.3 Å². The molecule has 0 radical (unpaired) electrons. The highest BCUT2D eigenvalue weighted by Crippen LogP contribution is 2.26. The van der Waals surface area contributed by atoms with Gasteiger partial charge >= 0.3 is 0 Å². The molecule has 3 nitrogen and oxygen atoms in total. The molecule has 2 rings (SSSR count). The summed E-state index contributed by atoms with van der Waals surface area (Å²) in [5.41, 5.74) is 6.16. The van der Waals surface area contributed by atoms with E-state index in [9.17, 15) is 4.21 Å². The minimum atomic E-state index is -1.03. The second-order valence-electron chi connectivity index (χ2n) is 4.82. The van der Waals surface area contributed by atoms with Gasteiger partial charge in [-0.25, -0.2) is 0 Å². The van der Waals surface area contributed by atoms with Crippen LogP contribution in [0, 0.1) is 0 Å². The van der Waals surface area contributed by atoms with Gasteiger partial charge in [0, 0.05) is 10.9 Å². The van der Waals surface area contributed by atoms with E-state index in [4.69, 9.17) is 10.5 Å². The minimum Gasteiger partial charge on any atom is -0.497 e. The zero-order valence-corrected chi connectivity index (χ0v) is 11.6. The van der Waals surface area contributed by atoms with E-state index in [0.29, 0.717) is 0 Å². The lowest BCUT2D eigenvalue weighted by Gasteiger charge is -2.20. The van der Waals surface area contributed by atoms with Crippen LogP contribution in [0.1, 0.15) is 32.1 Å². The van der Waals surface area contributed by atoms with Gasteiger partial charge in [-0.05, 0) is 31.0 Å². The Kier molecular flexibility index (Phi) is 4.78. The first-order chi connectivity index (χ1) is 8.72. The van der Waals surface area contributed by atoms with Crippen molar-refractivity contribution in [2.75, 3.05) is 7.11 Å². The molecule has 18 heavy (non-hydrogen) atoms. The zero-order valence-electron chi connectivity index (χ0n) is 10.8. The van der Waals surface area contributed by atoms with Crippen molar-refractivity contribution in [2.24, 2.45) is 5.73 Å². The van der Waals surface area contributed by atoms with Gasteiger partial charge in [-0.3, -0.25) is 4.21 Å². The van der Waals surface area contributed by atoms with Gasteiger partial charge in [0.1, 0.15) is 5.75 Å². The van der Waals surface area contributed by atoms with Crippen molar-refractivity contribution in [3.63, 3.8) is 0 Å². The van der Waals surface area contributed by atoms with E-state index < -0.39 is 10.8 Å². The van der Waals surface area contributed by atoms with E-state index >= 15 is 0 Å². The summed E-state index contributed by atoms with van der Waals surface area (Å²) in [6, 6.07) is 7.56. The van der Waals surface area contributed by atoms with Crippen molar-refractivity contribution < 1.29 is 8.95 Å². The summed E-state index contributed by atoms with van der Waals surface area (Å²) < 4.78 is 17.8. The van der Waals surface area contributed by atoms with Crippen LogP contribution in [0.25, 0.3) is 0 Å². The predicted octanol–water partition coefficient (Wildman–Crippen LogP) is 2.46. The first-order valence-electron chi connectivity index (χ1n) is 6.52. The Morgan fingerprint density at radius 2 is 2.06 bits per heavy atom. The SMILES string of the molecule is COc1cccc(S(=O)C2CCCCCC2N)c1. The van der Waals surface area contributed by atoms with Gasteiger partial charge in [0.2, 0.25) is 0 Å². The van der Waals surface area contributed by atoms with Crippen LogP contribution in [0.5, 0.6) is 5.75 Å². The van der Waals surface area contributed by atoms with Crippen molar-refractivity contribution in [1.82, 2.24) is 0 Å². The fraction of sp³-hybridized carbons (Fsp3) is 0.571. The summed E-state index contributed by atoms with van der Waals surface area (Å²) >= 11 is 0. The third-order valence-corrected chi connectivity index (χ3v) is 5.41. The number of hydrogen-bond donors (Lipinski definition) is 1. The number of nitrogens with two attached hydrogens (primary N) is 1. The van der Waals surface area contributed by atoms with Gasteiger partial charge in [-0.15, -0.1) is 0 Å². The van der Waals surface area contributed by atoms with Crippen LogP contribution in [0.4, 0.5) is 0 Å². The average Bonchev–Trinajstić information content (AvgIpc) is 2.62. The molecule has 1 aromatic carbocycles. The van der Waals surface area contributed by atoms with E-state index in [0.717, 1.165) is 36.3 Å². The number of hydrogen-bond acceptors (Lipinski definition) is 3. The van der Waals surface area contributed by atoms with Gasteiger partial charge in [0.05, 0.1) is 23.2 Å². The van der Waals surface area contributed by atoms with Crippen LogP contribution in [0.3, 0.4) is 0 Å². The lowest BCUT2D eigenvalue weighted by molar-refractivity contribution is 0.413. The molecule has 0 bridgehead atoms. The zero-order chi connectivity index (χ0) is 13.0. The minimum absolute atomic E-state index is 0.0551. The third-order valence-electron chi connectivity index (χ3n) is 3.55. The topological polar surface area (TPSA) is 52.3 Å². The molecule has 0 heterocycles. The number of rotatable bonds is 3. The van der Waals surface area contributed by atoms with Crippen molar-refractivity contribution in [2.45, 2.75) is 48.3 Å². The predicted molar refractivity (Wildman–Crippen MR) is 74.3 cm³/mol. The van der Waals surface area contributed by atoms with Gasteiger partial charge in [0.25, 0.3) is 0 Å². The van der Waals surface area contributed by atoms with E-state index in [2.05, 4.69) is 0 Å². The summed E-state index contributed by atoms with van der Waals surface area (Å²) in [7, 11) is 0.596. The lowest BCUT2D eigenvalue weighted by atomic mass is 10.1. The smallest absolute Gasteiger partial charge is 0.120 e. The first kappa shape index (κ1) is 13.6. The van der Waals surface area contributed by atoms with Crippen LogP contribution in [-0.2, 0) is 10.8 Å². The normalized spacial score (nSPS) is 26.3. The monoisotopic (exact) mass is 267 g/mol. The Balaban J connectivity index is 2.18. The molecule has 1 aliphatic carbocycles. The van der Waals surface area contributed by atoms with Crippen molar-refractivity contribution in [1.29, 1.82) is 0 Å². The van der Waals surface area contributed by atoms with Crippen molar-refractivity contribution in [3.8, 4) is 5.75 Å². The first-order valence-corrected chi connectivity index (χ1v) is 7.74. The standard InChI is InChI=1S/C14H21NO2S/c1-17-11-6-5-7-12(10-11)18(16)14-9-4-2-3-8-13(14)15/h5-7,10,13-14H,2-4,8-9,15H2,1H3. The summed E-state index contributed by atoms with van der Waals surface area (Å²) in [4.78, 5) is 0.830. The molecule has 1 fully saturated rings. The second-order valence-corrected chi connectivity index (χ2v) is 6.49. The molecule has 0 amide bonds. The van der Waals surface area contributed by atoms with Gasteiger partial charge < -0.3 is 10.5 Å². The molecule has 1 saturated carbocycles. The maximum Gasteiger partial charge on any atom is 0.120 e. The maximum atomic E-state index is 12.6. The van der Waals surface area contributed by atoms with Crippen molar-refractivity contribution in [3.05, 3.63) is 24.3 Å². The Labute approximate surface area is 111 Å². The molecular formula is C14H21NO2S. The van der Waals surface area contributed by atoms with Gasteiger partial charge in [-0.1, -0.05) is 25.3 Å². The van der Waals surface area contributed by atoms with Crippen LogP contribution in [0.15, 0.2) is 29.2 Å². The van der Waals surface area contributed by atoms with E-state index in [1.807, 2.05) is 24.3 Å². The molecule has 100 valence electrons. The van der Waals surface area contributed by atoms with E-state index in [1.54, 1.807) is 7.11 Å². The van der Waals surface area contributed by atoms with E-state index in [1.165, 1.54) is 6.42 Å². The fourth-order valence-corrected chi connectivity index (χ4v) is 4.10. The fourth-order valence-electron chi connectivity index (χ4n) is 2.47. The molecule has 0 aliphatic heterocycles.